The Morgan fingerprint density at radius 2 is 1.81 bits per heavy atom. The maximum Gasteiger partial charge on any atom is 0.410 e. The highest BCUT2D eigenvalue weighted by Gasteiger charge is 2.49. The van der Waals surface area contributed by atoms with Crippen molar-refractivity contribution in [1.29, 1.82) is 0 Å². The van der Waals surface area contributed by atoms with Gasteiger partial charge in [-0.25, -0.2) is 9.18 Å². The van der Waals surface area contributed by atoms with Gasteiger partial charge in [-0.3, -0.25) is 4.90 Å². The van der Waals surface area contributed by atoms with Gasteiger partial charge in [0.15, 0.2) is 0 Å². The van der Waals surface area contributed by atoms with Gasteiger partial charge < -0.3 is 19.3 Å². The quantitative estimate of drug-likeness (QED) is 0.438. The number of likely N-dealkylation sites (tertiary alicyclic amines) is 1. The highest BCUT2D eigenvalue weighted by Crippen LogP contribution is 2.37. The van der Waals surface area contributed by atoms with Crippen molar-refractivity contribution < 1.29 is 36.9 Å². The third kappa shape index (κ3) is 7.05. The van der Waals surface area contributed by atoms with Crippen LogP contribution >= 0.6 is 0 Å². The zero-order valence-electron chi connectivity index (χ0n) is 24.9. The lowest BCUT2D eigenvalue weighted by atomic mass is 9.80. The van der Waals surface area contributed by atoms with Gasteiger partial charge in [-0.2, -0.15) is 17.0 Å². The van der Waals surface area contributed by atoms with Gasteiger partial charge in [0.05, 0.1) is 45.1 Å². The van der Waals surface area contributed by atoms with E-state index in [1.807, 2.05) is 25.1 Å². The molecule has 6 atom stereocenters. The molecular weight excluding hydrogens is 565 g/mol. The van der Waals surface area contributed by atoms with Crippen molar-refractivity contribution in [2.24, 2.45) is 0 Å². The van der Waals surface area contributed by atoms with E-state index in [0.29, 0.717) is 31.4 Å². The summed E-state index contributed by atoms with van der Waals surface area (Å²) in [6.45, 7) is 2.02. The van der Waals surface area contributed by atoms with Crippen molar-refractivity contribution in [2.45, 2.75) is 75.4 Å². The highest BCUT2D eigenvalue weighted by atomic mass is 32.2. The molecule has 1 saturated carbocycles. The van der Waals surface area contributed by atoms with Gasteiger partial charge in [0.25, 0.3) is 10.2 Å². The minimum absolute atomic E-state index is 0.0637. The molecular formula is C30H42FN3O7S. The molecule has 1 aliphatic heterocycles. The van der Waals surface area contributed by atoms with Crippen LogP contribution in [0.2, 0.25) is 0 Å². The molecule has 232 valence electrons. The monoisotopic (exact) mass is 607 g/mol. The number of carbonyl (C=O) groups is 1. The van der Waals surface area contributed by atoms with Crippen LogP contribution in [0.1, 0.15) is 49.7 Å². The number of hydrogen-bond acceptors (Lipinski definition) is 7. The lowest BCUT2D eigenvalue weighted by Gasteiger charge is -2.38. The third-order valence-electron chi connectivity index (χ3n) is 8.42. The molecule has 1 aliphatic carbocycles. The molecule has 12 heteroatoms. The van der Waals surface area contributed by atoms with Crippen molar-refractivity contribution in [2.75, 3.05) is 34.9 Å². The predicted molar refractivity (Wildman–Crippen MR) is 156 cm³/mol. The number of aliphatic hydroxyl groups excluding tert-OH is 1. The Morgan fingerprint density at radius 1 is 1.10 bits per heavy atom. The van der Waals surface area contributed by atoms with Crippen molar-refractivity contribution in [3.05, 3.63) is 65.5 Å². The number of ether oxygens (including phenoxy) is 3. The van der Waals surface area contributed by atoms with E-state index in [9.17, 15) is 22.7 Å². The molecule has 4 rings (SSSR count). The van der Waals surface area contributed by atoms with Gasteiger partial charge >= 0.3 is 6.09 Å². The van der Waals surface area contributed by atoms with E-state index in [2.05, 4.69) is 0 Å². The molecule has 2 aliphatic rings. The van der Waals surface area contributed by atoms with Crippen LogP contribution in [0.3, 0.4) is 0 Å². The van der Waals surface area contributed by atoms with Crippen LogP contribution < -0.4 is 4.74 Å². The largest absolute Gasteiger partial charge is 0.497 e. The Morgan fingerprint density at radius 3 is 2.40 bits per heavy atom. The van der Waals surface area contributed by atoms with Gasteiger partial charge in [-0.15, -0.1) is 0 Å². The number of carbonyl (C=O) groups excluding carboxylic acids is 1. The van der Waals surface area contributed by atoms with Crippen molar-refractivity contribution >= 4 is 16.3 Å². The van der Waals surface area contributed by atoms with Crippen LogP contribution in [0.25, 0.3) is 0 Å². The van der Waals surface area contributed by atoms with E-state index in [1.54, 1.807) is 30.2 Å². The van der Waals surface area contributed by atoms with Crippen molar-refractivity contribution in [1.82, 2.24) is 13.5 Å². The van der Waals surface area contributed by atoms with Gasteiger partial charge in [-0.1, -0.05) is 24.3 Å². The highest BCUT2D eigenvalue weighted by molar-refractivity contribution is 7.86. The number of benzene rings is 2. The summed E-state index contributed by atoms with van der Waals surface area (Å²) in [4.78, 5) is 14.5. The molecule has 42 heavy (non-hydrogen) atoms. The summed E-state index contributed by atoms with van der Waals surface area (Å²) in [7, 11) is 1.92. The molecule has 2 aromatic carbocycles. The second-order valence-corrected chi connectivity index (χ2v) is 13.4. The number of rotatable bonds is 10. The van der Waals surface area contributed by atoms with Crippen LogP contribution in [0.4, 0.5) is 9.18 Å². The summed E-state index contributed by atoms with van der Waals surface area (Å²) in [6.07, 6.45) is 0.399. The van der Waals surface area contributed by atoms with Crippen molar-refractivity contribution in [3.63, 3.8) is 0 Å². The molecule has 2 fully saturated rings. The maximum atomic E-state index is 13.8. The first-order valence-electron chi connectivity index (χ1n) is 14.2. The molecule has 2 aromatic rings. The number of hydrogen-bond donors (Lipinski definition) is 1. The zero-order valence-corrected chi connectivity index (χ0v) is 25.7. The fourth-order valence-corrected chi connectivity index (χ4v) is 7.47. The van der Waals surface area contributed by atoms with Crippen LogP contribution in [0, 0.1) is 5.82 Å². The second kappa shape index (κ2) is 13.7. The first-order valence-corrected chi connectivity index (χ1v) is 15.6. The summed E-state index contributed by atoms with van der Waals surface area (Å²) < 4.78 is 60.4. The lowest BCUT2D eigenvalue weighted by Crippen LogP contribution is -2.54. The number of halogens is 1. The SMILES string of the molecule is COC(=O)N1[C@@H](C)C[C@H](N(Cc2ccc(OC)cc2)S(=O)(=O)N(C)C)[C@@H]1CO[C@H]1CCC(c2cccc(F)c2)C(O)C1. The standard InChI is InChI=1S/C30H42FN3O7S/c1-20-15-27(33(42(37,38)32(2)3)18-21-9-11-24(39-4)12-10-21)28(34(20)30(36)40-5)19-41-25-13-14-26(29(35)17-25)22-7-6-8-23(31)16-22/h6-12,16,20,25-29,35H,13-15,17-19H2,1-5H3/t20-,25-,26?,27-,28-,29?/m0/s1. The molecule has 1 amide bonds. The third-order valence-corrected chi connectivity index (χ3v) is 10.3. The maximum absolute atomic E-state index is 13.8. The average Bonchev–Trinajstić information content (AvgIpc) is 3.29. The first-order chi connectivity index (χ1) is 20.0. The molecule has 1 saturated heterocycles. The van der Waals surface area contributed by atoms with Crippen LogP contribution in [0.5, 0.6) is 5.75 Å². The Kier molecular flexibility index (Phi) is 10.5. The van der Waals surface area contributed by atoms with Gasteiger partial charge in [0, 0.05) is 39.0 Å². The molecule has 0 aromatic heterocycles. The zero-order chi connectivity index (χ0) is 30.6. The molecule has 0 bridgehead atoms. The van der Waals surface area contributed by atoms with Crippen LogP contribution in [0.15, 0.2) is 48.5 Å². The molecule has 1 heterocycles. The van der Waals surface area contributed by atoms with Crippen LogP contribution in [-0.4, -0.2) is 98.4 Å². The minimum Gasteiger partial charge on any atom is -0.497 e. The van der Waals surface area contributed by atoms with Crippen LogP contribution in [-0.2, 0) is 26.2 Å². The summed E-state index contributed by atoms with van der Waals surface area (Å²) in [5, 5.41) is 10.9. The molecule has 0 radical (unpaired) electrons. The average molecular weight is 608 g/mol. The van der Waals surface area contributed by atoms with Gasteiger partial charge in [-0.05, 0) is 61.6 Å². The number of nitrogens with zero attached hydrogens (tertiary/aromatic N) is 3. The molecule has 1 N–H and O–H groups in total. The summed E-state index contributed by atoms with van der Waals surface area (Å²) in [6, 6.07) is 12.0. The van der Waals surface area contributed by atoms with Crippen molar-refractivity contribution in [3.8, 4) is 5.75 Å². The van der Waals surface area contributed by atoms with E-state index in [4.69, 9.17) is 14.2 Å². The Balaban J connectivity index is 1.56. The van der Waals surface area contributed by atoms with E-state index in [0.717, 1.165) is 11.1 Å². The summed E-state index contributed by atoms with van der Waals surface area (Å²) in [5.41, 5.74) is 1.52. The van der Waals surface area contributed by atoms with E-state index in [-0.39, 0.29) is 37.0 Å². The Labute approximate surface area is 248 Å². The number of methoxy groups -OCH3 is 2. The number of aliphatic hydroxyl groups is 1. The normalized spacial score (nSPS) is 26.5. The molecule has 10 nitrogen and oxygen atoms in total. The van der Waals surface area contributed by atoms with E-state index in [1.165, 1.54) is 41.9 Å². The fourth-order valence-electron chi connectivity index (χ4n) is 6.17. The van der Waals surface area contributed by atoms with Gasteiger partial charge in [0.1, 0.15) is 11.6 Å². The smallest absolute Gasteiger partial charge is 0.410 e. The summed E-state index contributed by atoms with van der Waals surface area (Å²) in [5.74, 6) is 0.124. The minimum atomic E-state index is -3.91. The Bertz CT molecular complexity index is 1310. The fraction of sp³-hybridized carbons (Fsp3) is 0.567. The van der Waals surface area contributed by atoms with Gasteiger partial charge in [0.2, 0.25) is 0 Å². The second-order valence-electron chi connectivity index (χ2n) is 11.3. The summed E-state index contributed by atoms with van der Waals surface area (Å²) >= 11 is 0. The molecule has 0 spiro atoms. The molecule has 2 unspecified atom stereocenters. The topological polar surface area (TPSA) is 109 Å². The van der Waals surface area contributed by atoms with E-state index >= 15 is 0 Å². The van der Waals surface area contributed by atoms with E-state index < -0.39 is 34.5 Å². The lowest BCUT2D eigenvalue weighted by molar-refractivity contribution is -0.0447. The first kappa shape index (κ1) is 32.2. The number of amides is 1. The Hall–Kier alpha value is -2.77. The predicted octanol–water partition coefficient (Wildman–Crippen LogP) is 3.75.